The lowest BCUT2D eigenvalue weighted by molar-refractivity contribution is -0.113. The van der Waals surface area contributed by atoms with Crippen LogP contribution in [0.1, 0.15) is 5.56 Å². The Morgan fingerprint density at radius 3 is 2.57 bits per heavy atom. The Balaban J connectivity index is 1.94. The van der Waals surface area contributed by atoms with Crippen LogP contribution in [0.3, 0.4) is 0 Å². The molecule has 1 heterocycles. The molecule has 5 N–H and O–H groups in total. The Labute approximate surface area is 130 Å². The maximum atomic E-state index is 11.8. The largest absolute Gasteiger partial charge is 0.368 e. The Morgan fingerprint density at radius 1 is 1.29 bits per heavy atom. The highest BCUT2D eigenvalue weighted by Gasteiger charge is 2.08. The second kappa shape index (κ2) is 6.59. The number of aromatic nitrogens is 3. The minimum atomic E-state index is -0.211. The van der Waals surface area contributed by atoms with E-state index in [1.165, 1.54) is 0 Å². The van der Waals surface area contributed by atoms with Crippen LogP contribution >= 0.6 is 23.4 Å². The third-order valence-electron chi connectivity index (χ3n) is 2.44. The van der Waals surface area contributed by atoms with Gasteiger partial charge >= 0.3 is 0 Å². The number of halogens is 1. The van der Waals surface area contributed by atoms with E-state index in [2.05, 4.69) is 20.3 Å². The number of nitrogens with two attached hydrogens (primary N) is 2. The molecule has 0 aliphatic carbocycles. The average Bonchev–Trinajstić information content (AvgIpc) is 2.40. The standard InChI is InChI=1S/C12H13ClN6OS/c1-6-2-3-7(4-8(6)13)16-9(20)5-21-12-18-10(14)17-11(15)19-12/h2-4H,5H2,1H3,(H,16,20)(H4,14,15,17,18,19). The zero-order chi connectivity index (χ0) is 15.4. The highest BCUT2D eigenvalue weighted by molar-refractivity contribution is 7.99. The first-order chi connectivity index (χ1) is 9.94. The van der Waals surface area contributed by atoms with Gasteiger partial charge in [-0.15, -0.1) is 0 Å². The van der Waals surface area contributed by atoms with Gasteiger partial charge in [-0.3, -0.25) is 4.79 Å². The number of anilines is 3. The van der Waals surface area contributed by atoms with E-state index in [0.717, 1.165) is 17.3 Å². The van der Waals surface area contributed by atoms with Crippen LogP contribution in [0, 0.1) is 6.92 Å². The molecule has 0 saturated heterocycles. The third kappa shape index (κ3) is 4.47. The van der Waals surface area contributed by atoms with Gasteiger partial charge in [0.1, 0.15) is 0 Å². The monoisotopic (exact) mass is 324 g/mol. The number of nitrogens with one attached hydrogen (secondary N) is 1. The van der Waals surface area contributed by atoms with Crippen LogP contribution in [0.25, 0.3) is 0 Å². The quantitative estimate of drug-likeness (QED) is 0.732. The number of aryl methyl sites for hydroxylation is 1. The van der Waals surface area contributed by atoms with Gasteiger partial charge in [0.15, 0.2) is 5.16 Å². The molecule has 2 aromatic rings. The van der Waals surface area contributed by atoms with E-state index >= 15 is 0 Å². The summed E-state index contributed by atoms with van der Waals surface area (Å²) in [6.07, 6.45) is 0. The number of nitrogens with zero attached hydrogens (tertiary/aromatic N) is 3. The lowest BCUT2D eigenvalue weighted by Crippen LogP contribution is -2.14. The van der Waals surface area contributed by atoms with Gasteiger partial charge < -0.3 is 16.8 Å². The van der Waals surface area contributed by atoms with E-state index in [-0.39, 0.29) is 23.6 Å². The first kappa shape index (κ1) is 15.3. The first-order valence-corrected chi connectivity index (χ1v) is 7.26. The number of rotatable bonds is 4. The summed E-state index contributed by atoms with van der Waals surface area (Å²) in [7, 11) is 0. The summed E-state index contributed by atoms with van der Waals surface area (Å²) in [6, 6.07) is 5.31. The predicted octanol–water partition coefficient (Wildman–Crippen LogP) is 1.73. The molecule has 0 aliphatic rings. The number of thioether (sulfide) groups is 1. The molecule has 0 bridgehead atoms. The fourth-order valence-electron chi connectivity index (χ4n) is 1.45. The Hall–Kier alpha value is -2.06. The Bertz CT molecular complexity index is 661. The molecule has 2 rings (SSSR count). The summed E-state index contributed by atoms with van der Waals surface area (Å²) in [5, 5.41) is 3.63. The van der Waals surface area contributed by atoms with Crippen molar-refractivity contribution in [3.63, 3.8) is 0 Å². The van der Waals surface area contributed by atoms with Crippen molar-refractivity contribution in [2.45, 2.75) is 12.1 Å². The van der Waals surface area contributed by atoms with Gasteiger partial charge in [0, 0.05) is 10.7 Å². The molecule has 0 radical (unpaired) electrons. The van der Waals surface area contributed by atoms with Gasteiger partial charge in [0.2, 0.25) is 17.8 Å². The molecule has 1 aromatic carbocycles. The van der Waals surface area contributed by atoms with Crippen molar-refractivity contribution in [2.24, 2.45) is 0 Å². The van der Waals surface area contributed by atoms with Crippen molar-refractivity contribution in [3.05, 3.63) is 28.8 Å². The second-order valence-electron chi connectivity index (χ2n) is 4.14. The van der Waals surface area contributed by atoms with Crippen LogP contribution < -0.4 is 16.8 Å². The molecule has 110 valence electrons. The van der Waals surface area contributed by atoms with Crippen molar-refractivity contribution >= 4 is 46.9 Å². The number of nitrogen functional groups attached to an aromatic ring is 2. The van der Waals surface area contributed by atoms with Crippen molar-refractivity contribution in [1.82, 2.24) is 15.0 Å². The van der Waals surface area contributed by atoms with Gasteiger partial charge in [-0.1, -0.05) is 29.4 Å². The molecule has 0 fully saturated rings. The molecule has 7 nitrogen and oxygen atoms in total. The Morgan fingerprint density at radius 2 is 1.95 bits per heavy atom. The fourth-order valence-corrected chi connectivity index (χ4v) is 2.28. The van der Waals surface area contributed by atoms with Crippen molar-refractivity contribution < 1.29 is 4.79 Å². The second-order valence-corrected chi connectivity index (χ2v) is 5.48. The van der Waals surface area contributed by atoms with Crippen LogP contribution in [-0.4, -0.2) is 26.6 Å². The zero-order valence-electron chi connectivity index (χ0n) is 11.1. The first-order valence-electron chi connectivity index (χ1n) is 5.90. The van der Waals surface area contributed by atoms with E-state index in [9.17, 15) is 4.79 Å². The Kier molecular flexibility index (Phi) is 4.81. The molecule has 1 aromatic heterocycles. The van der Waals surface area contributed by atoms with Gasteiger partial charge in [-0.25, -0.2) is 0 Å². The molecule has 0 spiro atoms. The van der Waals surface area contributed by atoms with Gasteiger partial charge in [-0.05, 0) is 24.6 Å². The van der Waals surface area contributed by atoms with Gasteiger partial charge in [-0.2, -0.15) is 15.0 Å². The molecule has 0 aliphatic heterocycles. The van der Waals surface area contributed by atoms with E-state index in [0.29, 0.717) is 15.9 Å². The maximum Gasteiger partial charge on any atom is 0.234 e. The number of amides is 1. The summed E-state index contributed by atoms with van der Waals surface area (Å²) < 4.78 is 0. The summed E-state index contributed by atoms with van der Waals surface area (Å²) in [5.74, 6) is -0.0436. The lowest BCUT2D eigenvalue weighted by Gasteiger charge is -2.06. The smallest absolute Gasteiger partial charge is 0.234 e. The molecule has 21 heavy (non-hydrogen) atoms. The third-order valence-corrected chi connectivity index (χ3v) is 3.69. The molecule has 9 heteroatoms. The molecular weight excluding hydrogens is 312 g/mol. The number of hydrogen-bond donors (Lipinski definition) is 3. The number of hydrogen-bond acceptors (Lipinski definition) is 7. The van der Waals surface area contributed by atoms with E-state index in [1.807, 2.05) is 13.0 Å². The minimum Gasteiger partial charge on any atom is -0.368 e. The van der Waals surface area contributed by atoms with Crippen molar-refractivity contribution in [1.29, 1.82) is 0 Å². The fraction of sp³-hybridized carbons (Fsp3) is 0.167. The SMILES string of the molecule is Cc1ccc(NC(=O)CSc2nc(N)nc(N)n2)cc1Cl. The number of carbonyl (C=O) groups is 1. The number of carbonyl (C=O) groups excluding carboxylic acids is 1. The summed E-state index contributed by atoms with van der Waals surface area (Å²) >= 11 is 7.11. The molecule has 0 atom stereocenters. The lowest BCUT2D eigenvalue weighted by atomic mass is 10.2. The van der Waals surface area contributed by atoms with E-state index in [4.69, 9.17) is 23.1 Å². The van der Waals surface area contributed by atoms with E-state index < -0.39 is 0 Å². The minimum absolute atomic E-state index is 0.0238. The number of benzene rings is 1. The van der Waals surface area contributed by atoms with Gasteiger partial charge in [0.25, 0.3) is 0 Å². The summed E-state index contributed by atoms with van der Waals surface area (Å²) in [5.41, 5.74) is 12.5. The predicted molar refractivity (Wildman–Crippen MR) is 84.2 cm³/mol. The normalized spacial score (nSPS) is 10.4. The zero-order valence-corrected chi connectivity index (χ0v) is 12.7. The highest BCUT2D eigenvalue weighted by Crippen LogP contribution is 2.20. The van der Waals surface area contributed by atoms with Crippen LogP contribution in [0.2, 0.25) is 5.02 Å². The van der Waals surface area contributed by atoms with Crippen LogP contribution in [0.4, 0.5) is 17.6 Å². The molecule has 0 unspecified atom stereocenters. The maximum absolute atomic E-state index is 11.8. The average molecular weight is 325 g/mol. The van der Waals surface area contributed by atoms with Crippen LogP contribution in [0.5, 0.6) is 0 Å². The van der Waals surface area contributed by atoms with Crippen LogP contribution in [-0.2, 0) is 4.79 Å². The van der Waals surface area contributed by atoms with Gasteiger partial charge in [0.05, 0.1) is 5.75 Å². The molecule has 1 amide bonds. The molecule has 0 saturated carbocycles. The highest BCUT2D eigenvalue weighted by atomic mass is 35.5. The van der Waals surface area contributed by atoms with Crippen LogP contribution in [0.15, 0.2) is 23.4 Å². The summed E-state index contributed by atoms with van der Waals surface area (Å²) in [6.45, 7) is 1.89. The topological polar surface area (TPSA) is 120 Å². The summed E-state index contributed by atoms with van der Waals surface area (Å²) in [4.78, 5) is 23.2. The van der Waals surface area contributed by atoms with Crippen molar-refractivity contribution in [2.75, 3.05) is 22.5 Å². The van der Waals surface area contributed by atoms with E-state index in [1.54, 1.807) is 12.1 Å². The van der Waals surface area contributed by atoms with Crippen molar-refractivity contribution in [3.8, 4) is 0 Å². The molecular formula is C12H13ClN6OS.